The second-order valence-electron chi connectivity index (χ2n) is 1.44. The van der Waals surface area contributed by atoms with E-state index in [0.717, 1.165) is 0 Å². The molecular formula is C4H6FeO7Zn. The van der Waals surface area contributed by atoms with Crippen molar-refractivity contribution in [1.29, 1.82) is 0 Å². The summed E-state index contributed by atoms with van der Waals surface area (Å²) in [6.45, 7) is 0. The molecule has 7 nitrogen and oxygen atoms in total. The second kappa shape index (κ2) is 11.8. The van der Waals surface area contributed by atoms with Crippen molar-refractivity contribution in [2.45, 2.75) is 6.42 Å². The summed E-state index contributed by atoms with van der Waals surface area (Å²) in [5.74, 6) is -3.14. The molecule has 0 saturated heterocycles. The second-order valence-corrected chi connectivity index (χ2v) is 2.03. The Bertz CT molecular complexity index is 151. The molecule has 13 heavy (non-hydrogen) atoms. The molecule has 74 valence electrons. The molecular weight excluding hydrogens is 281 g/mol. The molecule has 0 spiro atoms. The van der Waals surface area contributed by atoms with Crippen LogP contribution in [0, 0.1) is 6.10 Å². The predicted molar refractivity (Wildman–Crippen MR) is 27.6 cm³/mol. The number of hydrogen-bond acceptors (Lipinski definition) is 5. The van der Waals surface area contributed by atoms with Crippen LogP contribution in [0.25, 0.3) is 0 Å². The molecule has 0 aromatic heterocycles. The number of carboxylic acid groups (broad SMARTS) is 2. The Kier molecular flexibility index (Phi) is 16.9. The molecule has 0 amide bonds. The van der Waals surface area contributed by atoms with E-state index in [2.05, 4.69) is 0 Å². The molecule has 0 aliphatic rings. The van der Waals surface area contributed by atoms with Crippen LogP contribution in [0.1, 0.15) is 6.42 Å². The van der Waals surface area contributed by atoms with Gasteiger partial charge in [0.15, 0.2) is 0 Å². The van der Waals surface area contributed by atoms with E-state index < -0.39 is 42.3 Å². The van der Waals surface area contributed by atoms with Gasteiger partial charge in [0.2, 0.25) is 0 Å². The van der Waals surface area contributed by atoms with E-state index >= 15 is 0 Å². The third-order valence-corrected chi connectivity index (χ3v) is 0.550. The summed E-state index contributed by atoms with van der Waals surface area (Å²) in [7, 11) is 0. The van der Waals surface area contributed by atoms with E-state index in [1.807, 2.05) is 0 Å². The van der Waals surface area contributed by atoms with Crippen molar-refractivity contribution in [2.24, 2.45) is 0 Å². The molecule has 4 N–H and O–H groups in total. The van der Waals surface area contributed by atoms with Crippen LogP contribution in [0.5, 0.6) is 0 Å². The average Bonchev–Trinajstić information content (AvgIpc) is 1.87. The summed E-state index contributed by atoms with van der Waals surface area (Å²) in [6.07, 6.45) is -2.25. The van der Waals surface area contributed by atoms with E-state index in [1.54, 1.807) is 0 Å². The molecule has 9 heteroatoms. The molecule has 0 bridgehead atoms. The summed E-state index contributed by atoms with van der Waals surface area (Å²) >= 11 is -1.88. The van der Waals surface area contributed by atoms with Gasteiger partial charge in [0.05, 0.1) is 0 Å². The van der Waals surface area contributed by atoms with E-state index in [0.29, 0.717) is 0 Å². The Morgan fingerprint density at radius 3 is 1.69 bits per heavy atom. The van der Waals surface area contributed by atoms with Crippen LogP contribution >= 0.6 is 0 Å². The fourth-order valence-corrected chi connectivity index (χ4v) is 0.213. The van der Waals surface area contributed by atoms with Crippen molar-refractivity contribution in [2.75, 3.05) is 0 Å². The first-order chi connectivity index (χ1) is 5.45. The normalized spacial score (nSPS) is 6.69. The first kappa shape index (κ1) is 18.6. The van der Waals surface area contributed by atoms with Gasteiger partial charge in [-0.2, -0.15) is 0 Å². The monoisotopic (exact) mass is 286 g/mol. The van der Waals surface area contributed by atoms with Crippen LogP contribution in [0.2, 0.25) is 0 Å². The van der Waals surface area contributed by atoms with Crippen molar-refractivity contribution in [3.05, 3.63) is 6.10 Å². The van der Waals surface area contributed by atoms with E-state index in [9.17, 15) is 14.7 Å². The number of rotatable bonds is 3. The molecule has 0 radical (unpaired) electrons. The van der Waals surface area contributed by atoms with Gasteiger partial charge in [-0.15, -0.1) is 0 Å². The standard InChI is InChI=1S/C4H4O5.Fe.2H2O.Zn/c5-2(4(8)9)1-3(6)7;;;;/h1H2,(H,6,7)(H,8,9);;2*1H2;/q-2;+2;;;+2/p-2. The Hall–Kier alpha value is -0.167. The minimum atomic E-state index is -1.88. The molecule has 0 aliphatic heterocycles. The van der Waals surface area contributed by atoms with Gasteiger partial charge in [-0.25, -0.2) is 0 Å². The zero-order valence-corrected chi connectivity index (χ0v) is 10.4. The first-order valence-electron chi connectivity index (χ1n) is 2.65. The van der Waals surface area contributed by atoms with Gasteiger partial charge in [-0.3, -0.25) is 9.59 Å². The SMILES string of the molecule is O=C(O)C[C-]([O-])C(=O)O.[Fe+2].[OH][Zn][OH]. The van der Waals surface area contributed by atoms with Crippen molar-refractivity contribution in [3.63, 3.8) is 0 Å². The third-order valence-electron chi connectivity index (χ3n) is 0.550. The molecule has 0 rings (SSSR count). The topological polar surface area (TPSA) is 138 Å². The fourth-order valence-electron chi connectivity index (χ4n) is 0.213. The molecule has 0 aromatic carbocycles. The molecule has 0 fully saturated rings. The Morgan fingerprint density at radius 1 is 1.31 bits per heavy atom. The van der Waals surface area contributed by atoms with E-state index in [-0.39, 0.29) is 17.1 Å². The molecule has 0 heterocycles. The van der Waals surface area contributed by atoms with Gasteiger partial charge in [-0.05, 0) is 0 Å². The van der Waals surface area contributed by atoms with Crippen LogP contribution in [0.15, 0.2) is 0 Å². The van der Waals surface area contributed by atoms with Crippen molar-refractivity contribution in [3.8, 4) is 0 Å². The summed E-state index contributed by atoms with van der Waals surface area (Å²) in [5.41, 5.74) is 0. The van der Waals surface area contributed by atoms with Gasteiger partial charge in [0.25, 0.3) is 5.97 Å². The zero-order chi connectivity index (χ0) is 10.1. The predicted octanol–water partition coefficient (Wildman–Crippen LogP) is -2.68. The molecule has 0 atom stereocenters. The number of hydrogen-bond donors (Lipinski definition) is 4. The summed E-state index contributed by atoms with van der Waals surface area (Å²) in [4.78, 5) is 19.3. The maximum atomic E-state index is 9.97. The van der Waals surface area contributed by atoms with E-state index in [1.165, 1.54) is 0 Å². The Labute approximate surface area is 92.3 Å². The quantitative estimate of drug-likeness (QED) is 0.328. The van der Waals surface area contributed by atoms with Crippen LogP contribution in [-0.4, -0.2) is 30.0 Å². The van der Waals surface area contributed by atoms with Crippen LogP contribution in [0.4, 0.5) is 0 Å². The van der Waals surface area contributed by atoms with Crippen molar-refractivity contribution in [1.82, 2.24) is 0 Å². The van der Waals surface area contributed by atoms with Gasteiger partial charge >= 0.3 is 42.8 Å². The van der Waals surface area contributed by atoms with E-state index in [4.69, 9.17) is 18.1 Å². The Balaban J connectivity index is -0.000000220. The number of carbonyl (C=O) groups is 2. The van der Waals surface area contributed by atoms with Gasteiger partial charge < -0.3 is 21.4 Å². The van der Waals surface area contributed by atoms with Crippen LogP contribution in [-0.2, 0) is 44.5 Å². The number of aliphatic carboxylic acids is 2. The molecule has 0 aromatic rings. The molecule has 0 aliphatic carbocycles. The minimum absolute atomic E-state index is 0. The van der Waals surface area contributed by atoms with Gasteiger partial charge in [0, 0.05) is 0 Å². The van der Waals surface area contributed by atoms with Crippen LogP contribution < -0.4 is 5.11 Å². The molecule has 0 saturated carbocycles. The average molecular weight is 287 g/mol. The van der Waals surface area contributed by atoms with Crippen LogP contribution in [0.3, 0.4) is 0 Å². The van der Waals surface area contributed by atoms with Gasteiger partial charge in [0.1, 0.15) is 5.97 Å². The van der Waals surface area contributed by atoms with Crippen molar-refractivity contribution < 1.29 is 67.7 Å². The Morgan fingerprint density at radius 2 is 1.62 bits per heavy atom. The molecule has 0 unspecified atom stereocenters. The summed E-state index contributed by atoms with van der Waals surface area (Å²) in [6, 6.07) is 0. The summed E-state index contributed by atoms with van der Waals surface area (Å²) in [5, 5.41) is 25.6. The zero-order valence-electron chi connectivity index (χ0n) is 6.28. The fraction of sp³-hybridized carbons (Fsp3) is 0.250. The summed E-state index contributed by atoms with van der Waals surface area (Å²) < 4.78 is 14.6. The third kappa shape index (κ3) is 18.6. The maximum absolute atomic E-state index is 9.97. The number of carboxylic acids is 2. The van der Waals surface area contributed by atoms with Gasteiger partial charge in [-0.1, -0.05) is 6.42 Å². The van der Waals surface area contributed by atoms with Crippen molar-refractivity contribution >= 4 is 11.9 Å². The first-order valence-corrected chi connectivity index (χ1v) is 5.30.